The van der Waals surface area contributed by atoms with E-state index in [-0.39, 0.29) is 5.56 Å². The van der Waals surface area contributed by atoms with Gasteiger partial charge in [0.1, 0.15) is 5.75 Å². The van der Waals surface area contributed by atoms with E-state index in [0.717, 1.165) is 12.8 Å². The molecule has 0 saturated carbocycles. The minimum absolute atomic E-state index is 0.136. The predicted molar refractivity (Wildman–Crippen MR) is 57.1 cm³/mol. The van der Waals surface area contributed by atoms with Gasteiger partial charge in [-0.05, 0) is 30.7 Å². The van der Waals surface area contributed by atoms with Crippen LogP contribution in [0.3, 0.4) is 0 Å². The fourth-order valence-corrected chi connectivity index (χ4v) is 1.14. The third kappa shape index (κ3) is 3.61. The highest BCUT2D eigenvalue weighted by molar-refractivity contribution is 5.60. The van der Waals surface area contributed by atoms with Crippen molar-refractivity contribution in [2.24, 2.45) is 0 Å². The summed E-state index contributed by atoms with van der Waals surface area (Å²) >= 11 is 0. The van der Waals surface area contributed by atoms with Crippen molar-refractivity contribution in [2.45, 2.75) is 19.8 Å². The van der Waals surface area contributed by atoms with Gasteiger partial charge in [-0.1, -0.05) is 13.3 Å². The number of hydrogen-bond donors (Lipinski definition) is 0. The highest BCUT2D eigenvalue weighted by Crippen LogP contribution is 2.24. The quantitative estimate of drug-likeness (QED) is 0.681. The molecule has 0 saturated heterocycles. The molecule has 0 aliphatic rings. The molecule has 0 fully saturated rings. The largest absolute Gasteiger partial charge is 0.494 e. The van der Waals surface area contributed by atoms with Gasteiger partial charge in [0.25, 0.3) is 0 Å². The average Bonchev–Trinajstić information content (AvgIpc) is 2.29. The topological polar surface area (TPSA) is 9.23 Å². The number of unbranched alkanes of at least 4 members (excludes halogenated alkanes) is 1. The van der Waals surface area contributed by atoms with Gasteiger partial charge in [-0.25, -0.2) is 4.39 Å². The van der Waals surface area contributed by atoms with E-state index >= 15 is 0 Å². The highest BCUT2D eigenvalue weighted by atomic mass is 19.3. The summed E-state index contributed by atoms with van der Waals surface area (Å²) in [5, 5.41) is 0. The first-order valence-electron chi connectivity index (χ1n) is 5.09. The molecule has 0 heterocycles. The van der Waals surface area contributed by atoms with Crippen molar-refractivity contribution in [1.82, 2.24) is 0 Å². The Bertz CT molecular complexity index is 353. The molecule has 0 N–H and O–H groups in total. The van der Waals surface area contributed by atoms with Crippen LogP contribution in [-0.4, -0.2) is 6.61 Å². The van der Waals surface area contributed by atoms with Gasteiger partial charge in [0.2, 0.25) is 0 Å². The van der Waals surface area contributed by atoms with Crippen LogP contribution in [0.25, 0.3) is 5.83 Å². The van der Waals surface area contributed by atoms with E-state index in [2.05, 4.69) is 0 Å². The summed E-state index contributed by atoms with van der Waals surface area (Å²) in [6, 6.07) is 5.51. The van der Waals surface area contributed by atoms with Crippen LogP contribution in [0.5, 0.6) is 5.75 Å². The Balaban J connectivity index is 2.65. The van der Waals surface area contributed by atoms with Gasteiger partial charge in [-0.2, -0.15) is 8.78 Å². The van der Waals surface area contributed by atoms with E-state index in [0.29, 0.717) is 12.4 Å². The minimum Gasteiger partial charge on any atom is -0.494 e. The summed E-state index contributed by atoms with van der Waals surface area (Å²) in [7, 11) is 0. The molecule has 0 unspecified atom stereocenters. The van der Waals surface area contributed by atoms with Gasteiger partial charge in [-0.3, -0.25) is 0 Å². The maximum absolute atomic E-state index is 12.8. The van der Waals surface area contributed by atoms with Crippen molar-refractivity contribution in [1.29, 1.82) is 0 Å². The van der Waals surface area contributed by atoms with Crippen molar-refractivity contribution in [3.8, 4) is 5.75 Å². The van der Waals surface area contributed by atoms with E-state index < -0.39 is 11.9 Å². The Morgan fingerprint density at radius 2 is 1.75 bits per heavy atom. The normalized spacial score (nSPS) is 10.0. The molecule has 1 aromatic rings. The molecule has 0 aliphatic heterocycles. The van der Waals surface area contributed by atoms with E-state index in [1.807, 2.05) is 6.92 Å². The van der Waals surface area contributed by atoms with Crippen LogP contribution in [0.15, 0.2) is 30.3 Å². The lowest BCUT2D eigenvalue weighted by molar-refractivity contribution is 0.309. The van der Waals surface area contributed by atoms with E-state index in [1.54, 1.807) is 0 Å². The van der Waals surface area contributed by atoms with Gasteiger partial charge in [-0.15, -0.1) is 0 Å². The smallest absolute Gasteiger partial charge is 0.306 e. The first kappa shape index (κ1) is 12.6. The number of rotatable bonds is 5. The monoisotopic (exact) mass is 230 g/mol. The molecule has 0 aliphatic carbocycles. The van der Waals surface area contributed by atoms with Crippen LogP contribution in [0.2, 0.25) is 0 Å². The van der Waals surface area contributed by atoms with Crippen molar-refractivity contribution < 1.29 is 17.9 Å². The molecular formula is C12H13F3O. The van der Waals surface area contributed by atoms with Crippen LogP contribution in [-0.2, 0) is 0 Å². The molecule has 0 aromatic heterocycles. The van der Waals surface area contributed by atoms with E-state index in [1.165, 1.54) is 24.3 Å². The van der Waals surface area contributed by atoms with Crippen molar-refractivity contribution in [3.63, 3.8) is 0 Å². The zero-order chi connectivity index (χ0) is 12.0. The molecular weight excluding hydrogens is 217 g/mol. The Kier molecular flexibility index (Phi) is 4.89. The Morgan fingerprint density at radius 3 is 2.25 bits per heavy atom. The van der Waals surface area contributed by atoms with Crippen LogP contribution in [0.1, 0.15) is 25.3 Å². The predicted octanol–water partition coefficient (Wildman–Crippen LogP) is 4.40. The summed E-state index contributed by atoms with van der Waals surface area (Å²) in [6.45, 7) is 2.61. The number of benzene rings is 1. The second kappa shape index (κ2) is 6.20. The lowest BCUT2D eigenvalue weighted by Crippen LogP contribution is -1.96. The SMILES string of the molecule is CCCCOc1ccc(C(F)=C(F)F)cc1. The maximum atomic E-state index is 12.8. The maximum Gasteiger partial charge on any atom is 0.306 e. The number of ether oxygens (including phenoxy) is 1. The second-order valence-electron chi connectivity index (χ2n) is 3.30. The Hall–Kier alpha value is -1.45. The molecule has 0 spiro atoms. The first-order valence-corrected chi connectivity index (χ1v) is 5.09. The Morgan fingerprint density at radius 1 is 1.12 bits per heavy atom. The third-order valence-corrected chi connectivity index (χ3v) is 2.04. The molecule has 1 aromatic carbocycles. The average molecular weight is 230 g/mol. The lowest BCUT2D eigenvalue weighted by atomic mass is 10.2. The fourth-order valence-electron chi connectivity index (χ4n) is 1.14. The lowest BCUT2D eigenvalue weighted by Gasteiger charge is -2.05. The molecule has 0 bridgehead atoms. The van der Waals surface area contributed by atoms with Crippen LogP contribution >= 0.6 is 0 Å². The van der Waals surface area contributed by atoms with Gasteiger partial charge in [0, 0.05) is 5.56 Å². The number of hydrogen-bond acceptors (Lipinski definition) is 1. The van der Waals surface area contributed by atoms with Crippen LogP contribution in [0, 0.1) is 0 Å². The standard InChI is InChI=1S/C12H13F3O/c1-2-3-8-16-10-6-4-9(5-7-10)11(13)12(14)15/h4-7H,2-3,8H2,1H3. The van der Waals surface area contributed by atoms with Crippen molar-refractivity contribution in [2.75, 3.05) is 6.61 Å². The molecule has 16 heavy (non-hydrogen) atoms. The summed E-state index contributed by atoms with van der Waals surface area (Å²) in [5.41, 5.74) is -0.136. The van der Waals surface area contributed by atoms with E-state index in [4.69, 9.17) is 4.74 Å². The summed E-state index contributed by atoms with van der Waals surface area (Å²) in [5.74, 6) is -0.927. The molecule has 1 nitrogen and oxygen atoms in total. The zero-order valence-corrected chi connectivity index (χ0v) is 8.97. The third-order valence-electron chi connectivity index (χ3n) is 2.04. The van der Waals surface area contributed by atoms with Gasteiger partial charge in [0.15, 0.2) is 5.83 Å². The number of halogens is 3. The highest BCUT2D eigenvalue weighted by Gasteiger charge is 2.07. The fraction of sp³-hybridized carbons (Fsp3) is 0.333. The van der Waals surface area contributed by atoms with Crippen LogP contribution < -0.4 is 4.74 Å². The molecule has 1 rings (SSSR count). The minimum atomic E-state index is -2.31. The Labute approximate surface area is 92.5 Å². The molecule has 0 radical (unpaired) electrons. The van der Waals surface area contributed by atoms with Gasteiger partial charge < -0.3 is 4.74 Å². The molecule has 88 valence electrons. The summed E-state index contributed by atoms with van der Waals surface area (Å²) in [4.78, 5) is 0. The van der Waals surface area contributed by atoms with Gasteiger partial charge >= 0.3 is 6.08 Å². The van der Waals surface area contributed by atoms with Crippen LogP contribution in [0.4, 0.5) is 13.2 Å². The van der Waals surface area contributed by atoms with E-state index in [9.17, 15) is 13.2 Å². The molecule has 0 amide bonds. The first-order chi connectivity index (χ1) is 7.65. The molecule has 0 atom stereocenters. The van der Waals surface area contributed by atoms with Crippen molar-refractivity contribution in [3.05, 3.63) is 35.9 Å². The zero-order valence-electron chi connectivity index (χ0n) is 8.97. The second-order valence-corrected chi connectivity index (χ2v) is 3.30. The summed E-state index contributed by atoms with van der Waals surface area (Å²) < 4.78 is 42.0. The summed E-state index contributed by atoms with van der Waals surface area (Å²) in [6.07, 6.45) is -0.364. The van der Waals surface area contributed by atoms with Gasteiger partial charge in [0.05, 0.1) is 6.61 Å². The molecule has 4 heteroatoms. The van der Waals surface area contributed by atoms with Crippen molar-refractivity contribution >= 4 is 5.83 Å².